The van der Waals surface area contributed by atoms with Gasteiger partial charge < -0.3 is 18.9 Å². The van der Waals surface area contributed by atoms with Crippen LogP contribution in [0.5, 0.6) is 5.75 Å². The average Bonchev–Trinajstić information content (AvgIpc) is 2.89. The van der Waals surface area contributed by atoms with Gasteiger partial charge in [0.15, 0.2) is 0 Å². The van der Waals surface area contributed by atoms with E-state index in [1.54, 1.807) is 19.1 Å². The predicted molar refractivity (Wildman–Crippen MR) is 82.5 cm³/mol. The van der Waals surface area contributed by atoms with Crippen LogP contribution in [-0.2, 0) is 14.2 Å². The zero-order chi connectivity index (χ0) is 15.9. The highest BCUT2D eigenvalue weighted by molar-refractivity contribution is 5.89. The Hall–Kier alpha value is -1.79. The van der Waals surface area contributed by atoms with E-state index >= 15 is 0 Å². The van der Waals surface area contributed by atoms with Gasteiger partial charge >= 0.3 is 6.09 Å². The number of carbonyl (C=O) groups excluding carboxylic acids is 1. The van der Waals surface area contributed by atoms with E-state index in [-0.39, 0.29) is 18.3 Å². The van der Waals surface area contributed by atoms with Crippen LogP contribution in [0, 0.1) is 0 Å². The summed E-state index contributed by atoms with van der Waals surface area (Å²) in [5.74, 6) is 0.771. The molecule has 6 heteroatoms. The number of anilines is 1. The third-order valence-corrected chi connectivity index (χ3v) is 3.57. The van der Waals surface area contributed by atoms with E-state index in [1.807, 2.05) is 31.2 Å². The predicted octanol–water partition coefficient (Wildman–Crippen LogP) is 2.46. The first-order valence-electron chi connectivity index (χ1n) is 7.36. The molecule has 1 aromatic rings. The van der Waals surface area contributed by atoms with Gasteiger partial charge in [0.05, 0.1) is 25.9 Å². The molecular formula is C16H23NO5. The molecule has 1 saturated heterocycles. The quantitative estimate of drug-likeness (QED) is 0.738. The van der Waals surface area contributed by atoms with E-state index in [2.05, 4.69) is 0 Å². The van der Waals surface area contributed by atoms with Gasteiger partial charge in [-0.05, 0) is 31.2 Å². The first kappa shape index (κ1) is 16.6. The number of cyclic esters (lactones) is 1. The van der Waals surface area contributed by atoms with Gasteiger partial charge in [-0.15, -0.1) is 0 Å². The lowest BCUT2D eigenvalue weighted by molar-refractivity contribution is 0.0718. The van der Waals surface area contributed by atoms with Crippen LogP contribution in [0.25, 0.3) is 0 Å². The molecule has 0 bridgehead atoms. The smallest absolute Gasteiger partial charge is 0.414 e. The van der Waals surface area contributed by atoms with Crippen molar-refractivity contribution < 1.29 is 23.7 Å². The summed E-state index contributed by atoms with van der Waals surface area (Å²) in [6.45, 7) is 3.50. The minimum Gasteiger partial charge on any atom is -0.493 e. The summed E-state index contributed by atoms with van der Waals surface area (Å²) in [5, 5.41) is 0. The maximum absolute atomic E-state index is 11.8. The van der Waals surface area contributed by atoms with E-state index in [4.69, 9.17) is 18.9 Å². The standard InChI is InChI=1S/C16H23NO5/c1-12(20-3)8-9-21-14-6-4-13(5-7-14)17-10-15(11-19-2)22-16(17)18/h4-7,12,15H,8-11H2,1-3H3/t12-,15+/m0/s1. The number of amides is 1. The largest absolute Gasteiger partial charge is 0.493 e. The van der Waals surface area contributed by atoms with Crippen LogP contribution in [0.3, 0.4) is 0 Å². The Balaban J connectivity index is 1.87. The van der Waals surface area contributed by atoms with Gasteiger partial charge in [0, 0.05) is 26.3 Å². The lowest BCUT2D eigenvalue weighted by Crippen LogP contribution is -2.25. The molecule has 0 aliphatic carbocycles. The Morgan fingerprint density at radius 2 is 2.05 bits per heavy atom. The lowest BCUT2D eigenvalue weighted by atomic mass is 10.2. The lowest BCUT2D eigenvalue weighted by Gasteiger charge is -2.14. The molecular weight excluding hydrogens is 286 g/mol. The fourth-order valence-electron chi connectivity index (χ4n) is 2.19. The number of hydrogen-bond donors (Lipinski definition) is 0. The van der Waals surface area contributed by atoms with Crippen molar-refractivity contribution in [3.8, 4) is 5.75 Å². The van der Waals surface area contributed by atoms with Crippen molar-refractivity contribution in [2.45, 2.75) is 25.6 Å². The van der Waals surface area contributed by atoms with Gasteiger partial charge in [-0.25, -0.2) is 4.79 Å². The zero-order valence-electron chi connectivity index (χ0n) is 13.3. The molecule has 0 aromatic heterocycles. The van der Waals surface area contributed by atoms with Crippen LogP contribution in [0.2, 0.25) is 0 Å². The van der Waals surface area contributed by atoms with Gasteiger partial charge in [0.1, 0.15) is 11.9 Å². The Bertz CT molecular complexity index is 476. The van der Waals surface area contributed by atoms with Crippen LogP contribution in [-0.4, -0.2) is 52.3 Å². The highest BCUT2D eigenvalue weighted by Crippen LogP contribution is 2.24. The fraction of sp³-hybridized carbons (Fsp3) is 0.562. The summed E-state index contributed by atoms with van der Waals surface area (Å²) in [7, 11) is 3.28. The number of methoxy groups -OCH3 is 2. The van der Waals surface area contributed by atoms with E-state index in [1.165, 1.54) is 0 Å². The summed E-state index contributed by atoms with van der Waals surface area (Å²) in [6.07, 6.45) is 0.444. The maximum atomic E-state index is 11.8. The summed E-state index contributed by atoms with van der Waals surface area (Å²) >= 11 is 0. The minimum absolute atomic E-state index is 0.177. The van der Waals surface area contributed by atoms with Crippen LogP contribution >= 0.6 is 0 Å². The average molecular weight is 309 g/mol. The van der Waals surface area contributed by atoms with Gasteiger partial charge in [-0.2, -0.15) is 0 Å². The van der Waals surface area contributed by atoms with Gasteiger partial charge in [0.25, 0.3) is 0 Å². The van der Waals surface area contributed by atoms with E-state index in [0.29, 0.717) is 19.8 Å². The molecule has 1 aromatic carbocycles. The Kier molecular flexibility index (Phi) is 6.03. The Labute approximate surface area is 130 Å². The second kappa shape index (κ2) is 8.00. The van der Waals surface area contributed by atoms with Crippen molar-refractivity contribution in [2.75, 3.05) is 38.9 Å². The minimum atomic E-state index is -0.343. The normalized spacial score (nSPS) is 19.1. The second-order valence-electron chi connectivity index (χ2n) is 5.25. The van der Waals surface area contributed by atoms with Gasteiger partial charge in [0.2, 0.25) is 0 Å². The molecule has 0 saturated carbocycles. The number of carbonyl (C=O) groups is 1. The second-order valence-corrected chi connectivity index (χ2v) is 5.25. The van der Waals surface area contributed by atoms with E-state index in [0.717, 1.165) is 17.9 Å². The number of rotatable bonds is 8. The first-order valence-corrected chi connectivity index (χ1v) is 7.36. The van der Waals surface area contributed by atoms with Gasteiger partial charge in [-0.1, -0.05) is 0 Å². The summed E-state index contributed by atoms with van der Waals surface area (Å²) < 4.78 is 21.1. The molecule has 122 valence electrons. The molecule has 22 heavy (non-hydrogen) atoms. The van der Waals surface area contributed by atoms with Crippen molar-refractivity contribution in [1.82, 2.24) is 0 Å². The summed E-state index contributed by atoms with van der Waals surface area (Å²) in [5.41, 5.74) is 0.793. The number of benzene rings is 1. The summed E-state index contributed by atoms with van der Waals surface area (Å²) in [4.78, 5) is 13.4. The number of hydrogen-bond acceptors (Lipinski definition) is 5. The molecule has 0 spiro atoms. The molecule has 1 aliphatic heterocycles. The SMILES string of the molecule is COC[C@H]1CN(c2ccc(OCC[C@H](C)OC)cc2)C(=O)O1. The molecule has 6 nitrogen and oxygen atoms in total. The third kappa shape index (κ3) is 4.35. The van der Waals surface area contributed by atoms with E-state index < -0.39 is 0 Å². The van der Waals surface area contributed by atoms with Crippen LogP contribution in [0.4, 0.5) is 10.5 Å². The van der Waals surface area contributed by atoms with Crippen LogP contribution in [0.1, 0.15) is 13.3 Å². The van der Waals surface area contributed by atoms with E-state index in [9.17, 15) is 4.79 Å². The van der Waals surface area contributed by atoms with Crippen molar-refractivity contribution in [2.24, 2.45) is 0 Å². The monoisotopic (exact) mass is 309 g/mol. The van der Waals surface area contributed by atoms with Crippen molar-refractivity contribution in [3.05, 3.63) is 24.3 Å². The maximum Gasteiger partial charge on any atom is 0.414 e. The molecule has 1 fully saturated rings. The van der Waals surface area contributed by atoms with Crippen LogP contribution < -0.4 is 9.64 Å². The third-order valence-electron chi connectivity index (χ3n) is 3.57. The Morgan fingerprint density at radius 3 is 2.68 bits per heavy atom. The molecule has 0 radical (unpaired) electrons. The van der Waals surface area contributed by atoms with Crippen molar-refractivity contribution in [3.63, 3.8) is 0 Å². The zero-order valence-corrected chi connectivity index (χ0v) is 13.3. The van der Waals surface area contributed by atoms with Crippen LogP contribution in [0.15, 0.2) is 24.3 Å². The summed E-state index contributed by atoms with van der Waals surface area (Å²) in [6, 6.07) is 7.41. The van der Waals surface area contributed by atoms with Crippen molar-refractivity contribution >= 4 is 11.8 Å². The number of ether oxygens (including phenoxy) is 4. The molecule has 1 aliphatic rings. The molecule has 1 heterocycles. The molecule has 1 amide bonds. The van der Waals surface area contributed by atoms with Gasteiger partial charge in [-0.3, -0.25) is 4.90 Å². The fourth-order valence-corrected chi connectivity index (χ4v) is 2.19. The molecule has 2 rings (SSSR count). The molecule has 0 N–H and O–H groups in total. The first-order chi connectivity index (χ1) is 10.6. The highest BCUT2D eigenvalue weighted by atomic mass is 16.6. The highest BCUT2D eigenvalue weighted by Gasteiger charge is 2.32. The van der Waals surface area contributed by atoms with Crippen molar-refractivity contribution in [1.29, 1.82) is 0 Å². The molecule has 2 atom stereocenters. The Morgan fingerprint density at radius 1 is 1.32 bits per heavy atom. The topological polar surface area (TPSA) is 57.2 Å². The number of nitrogens with zero attached hydrogens (tertiary/aromatic N) is 1. The molecule has 0 unspecified atom stereocenters.